The van der Waals surface area contributed by atoms with Crippen LogP contribution in [0.2, 0.25) is 0 Å². The van der Waals surface area contributed by atoms with Crippen LogP contribution < -0.4 is 0 Å². The van der Waals surface area contributed by atoms with Gasteiger partial charge >= 0.3 is 0 Å². The van der Waals surface area contributed by atoms with E-state index in [1.165, 1.54) is 5.56 Å². The summed E-state index contributed by atoms with van der Waals surface area (Å²) in [6.07, 6.45) is 2.60. The minimum absolute atomic E-state index is 0.898. The van der Waals surface area contributed by atoms with E-state index in [-0.39, 0.29) is 0 Å². The molecule has 0 aliphatic rings. The number of nitrogens with zero attached hydrogens (tertiary/aromatic N) is 1. The Bertz CT molecular complexity index is 316. The number of hydrogen-bond donors (Lipinski definition) is 0. The molecule has 0 amide bonds. The monoisotopic (exact) mass is 168 g/mol. The highest BCUT2D eigenvalue weighted by molar-refractivity contribution is 5.20. The van der Waals surface area contributed by atoms with Crippen LogP contribution in [-0.2, 0) is 6.42 Å². The number of rotatable bonds is 2. The van der Waals surface area contributed by atoms with E-state index in [1.54, 1.807) is 6.20 Å². The second-order valence-electron chi connectivity index (χ2n) is 2.91. The summed E-state index contributed by atoms with van der Waals surface area (Å²) in [5.74, 6) is 0. The van der Waals surface area contributed by atoms with Gasteiger partial charge in [-0.15, -0.1) is 0 Å². The van der Waals surface area contributed by atoms with E-state index < -0.39 is 0 Å². The summed E-state index contributed by atoms with van der Waals surface area (Å²) in [7, 11) is 0. The molecule has 1 heterocycles. The predicted octanol–water partition coefficient (Wildman–Crippen LogP) is 2.47. The van der Waals surface area contributed by atoms with Gasteiger partial charge in [-0.05, 0) is 11.6 Å². The van der Waals surface area contributed by atoms with Gasteiger partial charge in [-0.3, -0.25) is 4.98 Å². The maximum absolute atomic E-state index is 4.22. The van der Waals surface area contributed by atoms with Crippen molar-refractivity contribution in [2.75, 3.05) is 0 Å². The van der Waals surface area contributed by atoms with Gasteiger partial charge in [0.15, 0.2) is 0 Å². The number of hydrogen-bond acceptors (Lipinski definition) is 1. The quantitative estimate of drug-likeness (QED) is 0.671. The lowest BCUT2D eigenvalue weighted by Gasteiger charge is -1.98. The van der Waals surface area contributed by atoms with Crippen LogP contribution in [0.4, 0.5) is 0 Å². The highest BCUT2D eigenvalue weighted by Gasteiger charge is 1.94. The van der Waals surface area contributed by atoms with Crippen LogP contribution in [-0.4, -0.2) is 4.98 Å². The van der Waals surface area contributed by atoms with Crippen molar-refractivity contribution in [3.05, 3.63) is 66.0 Å². The first kappa shape index (κ1) is 7.99. The summed E-state index contributed by atoms with van der Waals surface area (Å²) in [5, 5.41) is 0. The van der Waals surface area contributed by atoms with Crippen molar-refractivity contribution >= 4 is 0 Å². The standard InChI is InChI=1S/C12H10N/c1-2-6-11(7-3-1)10-12-8-4-5-9-13-12/h1-4,6-9H,10H2. The van der Waals surface area contributed by atoms with Crippen LogP contribution in [0.25, 0.3) is 0 Å². The largest absolute Gasteiger partial charge is 0.260 e. The molecule has 1 radical (unpaired) electrons. The van der Waals surface area contributed by atoms with Gasteiger partial charge in [-0.1, -0.05) is 36.4 Å². The van der Waals surface area contributed by atoms with E-state index in [4.69, 9.17) is 0 Å². The molecular formula is C12H10N. The average Bonchev–Trinajstić information content (AvgIpc) is 2.21. The van der Waals surface area contributed by atoms with Crippen LogP contribution in [0.3, 0.4) is 0 Å². The summed E-state index contributed by atoms with van der Waals surface area (Å²) in [6, 6.07) is 17.1. The third kappa shape index (κ3) is 2.15. The molecule has 0 N–H and O–H groups in total. The fourth-order valence-corrected chi connectivity index (χ4v) is 1.26. The van der Waals surface area contributed by atoms with Gasteiger partial charge in [0.05, 0.1) is 0 Å². The van der Waals surface area contributed by atoms with Crippen LogP contribution in [0, 0.1) is 6.07 Å². The molecule has 0 aliphatic heterocycles. The lowest BCUT2D eigenvalue weighted by atomic mass is 10.1. The molecule has 2 rings (SSSR count). The molecule has 1 heteroatoms. The second kappa shape index (κ2) is 3.85. The zero-order chi connectivity index (χ0) is 8.93. The Balaban J connectivity index is 2.16. The Kier molecular flexibility index (Phi) is 2.37. The predicted molar refractivity (Wildman–Crippen MR) is 52.3 cm³/mol. The van der Waals surface area contributed by atoms with Crippen molar-refractivity contribution in [3.63, 3.8) is 0 Å². The van der Waals surface area contributed by atoms with E-state index >= 15 is 0 Å². The van der Waals surface area contributed by atoms with Crippen molar-refractivity contribution in [2.24, 2.45) is 0 Å². The SMILES string of the molecule is [c]1ccc(Cc2ccccc2)nc1. The third-order valence-corrected chi connectivity index (χ3v) is 1.90. The Hall–Kier alpha value is -1.63. The topological polar surface area (TPSA) is 12.9 Å². The molecule has 0 unspecified atom stereocenters. The first-order valence-electron chi connectivity index (χ1n) is 4.30. The highest BCUT2D eigenvalue weighted by Crippen LogP contribution is 2.05. The molecule has 0 atom stereocenters. The van der Waals surface area contributed by atoms with Gasteiger partial charge in [0.1, 0.15) is 0 Å². The fourth-order valence-electron chi connectivity index (χ4n) is 1.26. The molecule has 0 saturated carbocycles. The number of aromatic nitrogens is 1. The maximum atomic E-state index is 4.22. The average molecular weight is 168 g/mol. The van der Waals surface area contributed by atoms with E-state index in [1.807, 2.05) is 30.3 Å². The van der Waals surface area contributed by atoms with Gasteiger partial charge in [-0.25, -0.2) is 0 Å². The Morgan fingerprint density at radius 2 is 1.92 bits per heavy atom. The lowest BCUT2D eigenvalue weighted by molar-refractivity contribution is 1.07. The van der Waals surface area contributed by atoms with Gasteiger partial charge in [0.25, 0.3) is 0 Å². The van der Waals surface area contributed by atoms with E-state index in [2.05, 4.69) is 23.2 Å². The molecule has 2 aromatic rings. The van der Waals surface area contributed by atoms with Crippen LogP contribution in [0.1, 0.15) is 11.3 Å². The minimum atomic E-state index is 0.898. The van der Waals surface area contributed by atoms with E-state index in [9.17, 15) is 0 Å². The maximum Gasteiger partial charge on any atom is 0.0447 e. The molecule has 1 nitrogen and oxygen atoms in total. The molecule has 0 spiro atoms. The zero-order valence-corrected chi connectivity index (χ0v) is 7.27. The molecule has 1 aromatic heterocycles. The fraction of sp³-hybridized carbons (Fsp3) is 0.0833. The number of benzene rings is 1. The summed E-state index contributed by atoms with van der Waals surface area (Å²) < 4.78 is 0. The molecular weight excluding hydrogens is 158 g/mol. The van der Waals surface area contributed by atoms with Gasteiger partial charge in [0, 0.05) is 24.4 Å². The van der Waals surface area contributed by atoms with E-state index in [0.717, 1.165) is 12.1 Å². The van der Waals surface area contributed by atoms with Crippen molar-refractivity contribution in [1.82, 2.24) is 4.98 Å². The van der Waals surface area contributed by atoms with Crippen LogP contribution in [0.5, 0.6) is 0 Å². The van der Waals surface area contributed by atoms with Gasteiger partial charge in [-0.2, -0.15) is 0 Å². The van der Waals surface area contributed by atoms with Crippen molar-refractivity contribution in [1.29, 1.82) is 0 Å². The molecule has 0 aliphatic carbocycles. The van der Waals surface area contributed by atoms with Crippen molar-refractivity contribution in [2.45, 2.75) is 6.42 Å². The summed E-state index contributed by atoms with van der Waals surface area (Å²) >= 11 is 0. The van der Waals surface area contributed by atoms with Crippen LogP contribution >= 0.6 is 0 Å². The highest BCUT2D eigenvalue weighted by atomic mass is 14.7. The molecule has 0 saturated heterocycles. The Morgan fingerprint density at radius 3 is 2.62 bits per heavy atom. The molecule has 13 heavy (non-hydrogen) atoms. The summed E-state index contributed by atoms with van der Waals surface area (Å²) in [6.45, 7) is 0. The number of pyridine rings is 1. The first-order valence-corrected chi connectivity index (χ1v) is 4.30. The van der Waals surface area contributed by atoms with Crippen LogP contribution in [0.15, 0.2) is 48.7 Å². The third-order valence-electron chi connectivity index (χ3n) is 1.90. The Morgan fingerprint density at radius 1 is 1.08 bits per heavy atom. The lowest BCUT2D eigenvalue weighted by Crippen LogP contribution is -1.89. The normalized spacial score (nSPS) is 9.85. The van der Waals surface area contributed by atoms with Crippen molar-refractivity contribution < 1.29 is 0 Å². The molecule has 63 valence electrons. The molecule has 0 fully saturated rings. The second-order valence-corrected chi connectivity index (χ2v) is 2.91. The summed E-state index contributed by atoms with van der Waals surface area (Å²) in [4.78, 5) is 4.22. The van der Waals surface area contributed by atoms with Gasteiger partial charge < -0.3 is 0 Å². The molecule has 0 bridgehead atoms. The zero-order valence-electron chi connectivity index (χ0n) is 7.27. The minimum Gasteiger partial charge on any atom is -0.260 e. The Labute approximate surface area is 78.1 Å². The summed E-state index contributed by atoms with van der Waals surface area (Å²) in [5.41, 5.74) is 2.38. The smallest absolute Gasteiger partial charge is 0.0447 e. The first-order chi connectivity index (χ1) is 6.45. The van der Waals surface area contributed by atoms with E-state index in [0.29, 0.717) is 0 Å². The molecule has 1 aromatic carbocycles. The van der Waals surface area contributed by atoms with Gasteiger partial charge in [0.2, 0.25) is 0 Å². The van der Waals surface area contributed by atoms with Crippen molar-refractivity contribution in [3.8, 4) is 0 Å².